The second-order valence-electron chi connectivity index (χ2n) is 12.9. The first kappa shape index (κ1) is 38.5. The van der Waals surface area contributed by atoms with Crippen molar-refractivity contribution in [2.24, 2.45) is 5.73 Å². The van der Waals surface area contributed by atoms with E-state index in [2.05, 4.69) is 5.32 Å². The molecule has 1 heterocycles. The number of rotatable bonds is 14. The Balaban J connectivity index is 1.89. The van der Waals surface area contributed by atoms with Gasteiger partial charge in [-0.05, 0) is 99.9 Å². The highest BCUT2D eigenvalue weighted by molar-refractivity contribution is 5.86. The predicted molar refractivity (Wildman–Crippen MR) is 162 cm³/mol. The van der Waals surface area contributed by atoms with Gasteiger partial charge in [0.1, 0.15) is 5.54 Å². The van der Waals surface area contributed by atoms with Gasteiger partial charge in [0.05, 0.1) is 17.2 Å². The minimum Gasteiger partial charge on any atom is -0.461 e. The number of carbonyl (C=O) groups excluding carboxylic acids is 1. The first-order valence-electron chi connectivity index (χ1n) is 15.9. The molecule has 1 aliphatic rings. The lowest BCUT2D eigenvalue weighted by Gasteiger charge is -2.42. The molecule has 3 rings (SSSR count). The van der Waals surface area contributed by atoms with Crippen molar-refractivity contribution >= 4 is 11.7 Å². The Morgan fingerprint density at radius 1 is 0.872 bits per heavy atom. The van der Waals surface area contributed by atoms with Gasteiger partial charge in [0.2, 0.25) is 0 Å². The fourth-order valence-electron chi connectivity index (χ4n) is 6.19. The SMILES string of the molecule is CC(C)OC(=O)C1(C)CC(C(CN)c2cc(C(F)(F)F)cc(C(F)(F)F)c2)c2cc(CCCCCCCCCC(F)(F)F)ccc2N1. The lowest BCUT2D eigenvalue weighted by atomic mass is 9.70. The van der Waals surface area contributed by atoms with Crippen molar-refractivity contribution in [3.63, 3.8) is 0 Å². The molecular weight excluding hydrogens is 639 g/mol. The van der Waals surface area contributed by atoms with Crippen LogP contribution >= 0.6 is 0 Å². The van der Waals surface area contributed by atoms with E-state index in [0.29, 0.717) is 42.6 Å². The topological polar surface area (TPSA) is 64.3 Å². The van der Waals surface area contributed by atoms with Crippen molar-refractivity contribution in [3.8, 4) is 0 Å². The first-order valence-corrected chi connectivity index (χ1v) is 15.9. The number of alkyl halides is 9. The fraction of sp³-hybridized carbons (Fsp3) is 0.618. The van der Waals surface area contributed by atoms with Gasteiger partial charge in [-0.1, -0.05) is 44.2 Å². The van der Waals surface area contributed by atoms with Crippen LogP contribution in [-0.4, -0.2) is 30.3 Å². The molecule has 3 atom stereocenters. The number of anilines is 1. The van der Waals surface area contributed by atoms with Crippen molar-refractivity contribution in [1.29, 1.82) is 0 Å². The second-order valence-corrected chi connectivity index (χ2v) is 12.9. The van der Waals surface area contributed by atoms with Crippen LogP contribution in [0.15, 0.2) is 36.4 Å². The fourth-order valence-corrected chi connectivity index (χ4v) is 6.19. The number of unbranched alkanes of at least 4 members (excludes halogenated alkanes) is 6. The molecule has 0 spiro atoms. The van der Waals surface area contributed by atoms with Crippen molar-refractivity contribution in [2.45, 2.75) is 127 Å². The average Bonchev–Trinajstić information content (AvgIpc) is 2.95. The van der Waals surface area contributed by atoms with Crippen LogP contribution in [0, 0.1) is 0 Å². The third kappa shape index (κ3) is 11.0. The molecule has 13 heteroatoms. The minimum absolute atomic E-state index is 0.00279. The molecule has 0 amide bonds. The van der Waals surface area contributed by atoms with E-state index in [4.69, 9.17) is 10.5 Å². The molecule has 0 radical (unpaired) electrons. The summed E-state index contributed by atoms with van der Waals surface area (Å²) in [6.07, 6.45) is -10.2. The molecule has 0 fully saturated rings. The minimum atomic E-state index is -5.03. The average molecular weight is 683 g/mol. The van der Waals surface area contributed by atoms with Crippen molar-refractivity contribution in [1.82, 2.24) is 0 Å². The standard InChI is InChI=1S/C34H43F9N2O2/c1-21(2)47-30(46)31(3)19-27(28(20-44)23-16-24(33(38,39)40)18-25(17-23)34(41,42)43)26-15-22(12-13-29(26)45-31)11-9-7-5-4-6-8-10-14-32(35,36)37/h12-13,15-18,21,27-28,45H,4-11,14,19-20,44H2,1-3H3. The summed E-state index contributed by atoms with van der Waals surface area (Å²) < 4.78 is 125. The van der Waals surface area contributed by atoms with Gasteiger partial charge >= 0.3 is 24.5 Å². The van der Waals surface area contributed by atoms with Crippen LogP contribution in [0.25, 0.3) is 0 Å². The smallest absolute Gasteiger partial charge is 0.416 e. The van der Waals surface area contributed by atoms with Crippen molar-refractivity contribution in [2.75, 3.05) is 11.9 Å². The number of nitrogens with two attached hydrogens (primary N) is 1. The molecule has 0 aliphatic carbocycles. The second kappa shape index (κ2) is 15.5. The summed E-state index contributed by atoms with van der Waals surface area (Å²) >= 11 is 0. The number of ether oxygens (including phenoxy) is 1. The summed E-state index contributed by atoms with van der Waals surface area (Å²) in [7, 11) is 0. The number of aryl methyl sites for hydroxylation is 1. The molecule has 3 N–H and O–H groups in total. The molecule has 0 bridgehead atoms. The Morgan fingerprint density at radius 2 is 1.43 bits per heavy atom. The van der Waals surface area contributed by atoms with E-state index in [1.165, 1.54) is 0 Å². The van der Waals surface area contributed by atoms with Crippen LogP contribution in [0.5, 0.6) is 0 Å². The van der Waals surface area contributed by atoms with Gasteiger partial charge in [-0.15, -0.1) is 0 Å². The molecule has 264 valence electrons. The van der Waals surface area contributed by atoms with Gasteiger partial charge in [-0.3, -0.25) is 0 Å². The summed E-state index contributed by atoms with van der Waals surface area (Å²) in [4.78, 5) is 13.2. The maximum absolute atomic E-state index is 13.8. The first-order chi connectivity index (χ1) is 21.7. The van der Waals surface area contributed by atoms with Crippen molar-refractivity contribution in [3.05, 3.63) is 64.2 Å². The highest BCUT2D eigenvalue weighted by Gasteiger charge is 2.46. The Labute approximate surface area is 269 Å². The zero-order valence-corrected chi connectivity index (χ0v) is 26.8. The normalized spacial score (nSPS) is 19.3. The predicted octanol–water partition coefficient (Wildman–Crippen LogP) is 10.3. The molecule has 4 nitrogen and oxygen atoms in total. The van der Waals surface area contributed by atoms with Crippen LogP contribution in [-0.2, 0) is 28.3 Å². The number of hydrogen-bond donors (Lipinski definition) is 2. The van der Waals surface area contributed by atoms with Gasteiger partial charge in [0.15, 0.2) is 0 Å². The lowest BCUT2D eigenvalue weighted by Crippen LogP contribution is -2.50. The Kier molecular flexibility index (Phi) is 12.7. The monoisotopic (exact) mass is 682 g/mol. The molecule has 3 unspecified atom stereocenters. The summed E-state index contributed by atoms with van der Waals surface area (Å²) in [5.74, 6) is -2.35. The third-order valence-corrected chi connectivity index (χ3v) is 8.55. The number of halogens is 9. The van der Waals surface area contributed by atoms with Crippen LogP contribution < -0.4 is 11.1 Å². The number of benzene rings is 2. The number of fused-ring (bicyclic) bond motifs is 1. The number of carbonyl (C=O) groups is 1. The molecule has 2 aromatic rings. The largest absolute Gasteiger partial charge is 0.461 e. The Morgan fingerprint density at radius 3 is 1.94 bits per heavy atom. The molecule has 47 heavy (non-hydrogen) atoms. The molecule has 1 aliphatic heterocycles. The van der Waals surface area contributed by atoms with Crippen LogP contribution in [0.3, 0.4) is 0 Å². The molecule has 0 saturated heterocycles. The van der Waals surface area contributed by atoms with Crippen LogP contribution in [0.1, 0.15) is 118 Å². The Hall–Kier alpha value is -2.96. The number of esters is 1. The molecule has 0 saturated carbocycles. The number of hydrogen-bond acceptors (Lipinski definition) is 4. The third-order valence-electron chi connectivity index (χ3n) is 8.55. The van der Waals surface area contributed by atoms with E-state index in [9.17, 15) is 44.3 Å². The van der Waals surface area contributed by atoms with E-state index in [0.717, 1.165) is 31.2 Å². The maximum Gasteiger partial charge on any atom is 0.416 e. The van der Waals surface area contributed by atoms with Gasteiger partial charge in [-0.25, -0.2) is 4.79 Å². The quantitative estimate of drug-likeness (QED) is 0.118. The van der Waals surface area contributed by atoms with E-state index >= 15 is 0 Å². The zero-order chi connectivity index (χ0) is 35.2. The van der Waals surface area contributed by atoms with Gasteiger partial charge in [0.25, 0.3) is 0 Å². The van der Waals surface area contributed by atoms with Gasteiger partial charge in [0, 0.05) is 18.0 Å². The Bertz CT molecular complexity index is 1310. The molecule has 2 aromatic carbocycles. The highest BCUT2D eigenvalue weighted by atomic mass is 19.4. The lowest BCUT2D eigenvalue weighted by molar-refractivity contribution is -0.153. The van der Waals surface area contributed by atoms with Gasteiger partial charge in [-0.2, -0.15) is 39.5 Å². The van der Waals surface area contributed by atoms with Crippen LogP contribution in [0.2, 0.25) is 0 Å². The number of nitrogens with one attached hydrogen (secondary N) is 1. The van der Waals surface area contributed by atoms with E-state index in [1.807, 2.05) is 12.1 Å². The summed E-state index contributed by atoms with van der Waals surface area (Å²) in [6, 6.07) is 6.94. The molecule has 0 aromatic heterocycles. The van der Waals surface area contributed by atoms with Crippen molar-refractivity contribution < 1.29 is 49.0 Å². The summed E-state index contributed by atoms with van der Waals surface area (Å²) in [5.41, 5.74) is 3.70. The molecular formula is C34H43F9N2O2. The van der Waals surface area contributed by atoms with E-state index in [1.54, 1.807) is 26.8 Å². The summed E-state index contributed by atoms with van der Waals surface area (Å²) in [6.45, 7) is 4.64. The summed E-state index contributed by atoms with van der Waals surface area (Å²) in [5, 5.41) is 3.20. The van der Waals surface area contributed by atoms with Gasteiger partial charge < -0.3 is 15.8 Å². The maximum atomic E-state index is 13.8. The van der Waals surface area contributed by atoms with Crippen LogP contribution in [0.4, 0.5) is 45.2 Å². The van der Waals surface area contributed by atoms with E-state index in [-0.39, 0.29) is 31.0 Å². The van der Waals surface area contributed by atoms with E-state index < -0.39 is 65.5 Å². The highest BCUT2D eigenvalue weighted by Crippen LogP contribution is 2.48. The zero-order valence-electron chi connectivity index (χ0n) is 26.8.